The number of β-amino-alcohol motifs (C(OH)–C–C–N with tert-alkyl or cyclic N) is 1. The van der Waals surface area contributed by atoms with Crippen LogP contribution in [0.2, 0.25) is 5.02 Å². The number of para-hydroxylation sites is 1. The van der Waals surface area contributed by atoms with E-state index in [0.717, 1.165) is 25.3 Å². The van der Waals surface area contributed by atoms with Crippen molar-refractivity contribution in [1.29, 1.82) is 0 Å². The van der Waals surface area contributed by atoms with Gasteiger partial charge in [0.15, 0.2) is 0 Å². The van der Waals surface area contributed by atoms with Gasteiger partial charge in [-0.3, -0.25) is 0 Å². The average Bonchev–Trinajstić information content (AvgIpc) is 2.81. The van der Waals surface area contributed by atoms with Crippen molar-refractivity contribution in [3.63, 3.8) is 0 Å². The van der Waals surface area contributed by atoms with Gasteiger partial charge in [0.1, 0.15) is 0 Å². The highest BCUT2D eigenvalue weighted by atomic mass is 35.5. The highest BCUT2D eigenvalue weighted by Gasteiger charge is 2.15. The minimum atomic E-state index is -0.343. The standard InChI is InChI=1S/C13H19ClN2O/c14-12-5-1-2-6-13(12)15-9-11(17)10-16-7-3-4-8-16/h1-2,5-6,11,15,17H,3-4,7-10H2. The van der Waals surface area contributed by atoms with Gasteiger partial charge in [-0.05, 0) is 38.1 Å². The van der Waals surface area contributed by atoms with Crippen LogP contribution >= 0.6 is 11.6 Å². The van der Waals surface area contributed by atoms with E-state index in [1.807, 2.05) is 24.3 Å². The molecule has 2 N–H and O–H groups in total. The molecule has 0 aliphatic carbocycles. The summed E-state index contributed by atoms with van der Waals surface area (Å²) >= 11 is 6.02. The molecule has 0 saturated carbocycles. The van der Waals surface area contributed by atoms with Crippen molar-refractivity contribution in [2.24, 2.45) is 0 Å². The lowest BCUT2D eigenvalue weighted by molar-refractivity contribution is 0.135. The number of rotatable bonds is 5. The third kappa shape index (κ3) is 3.87. The SMILES string of the molecule is OC(CNc1ccccc1Cl)CN1CCCC1. The number of hydrogen-bond donors (Lipinski definition) is 2. The van der Waals surface area contributed by atoms with E-state index in [0.29, 0.717) is 11.6 Å². The number of nitrogens with zero attached hydrogens (tertiary/aromatic N) is 1. The molecule has 1 aromatic rings. The summed E-state index contributed by atoms with van der Waals surface area (Å²) in [5, 5.41) is 13.8. The van der Waals surface area contributed by atoms with Crippen molar-refractivity contribution in [2.75, 3.05) is 31.5 Å². The van der Waals surface area contributed by atoms with Crippen molar-refractivity contribution >= 4 is 17.3 Å². The molecule has 1 unspecified atom stereocenters. The Morgan fingerprint density at radius 2 is 2.00 bits per heavy atom. The summed E-state index contributed by atoms with van der Waals surface area (Å²) in [6, 6.07) is 7.59. The van der Waals surface area contributed by atoms with Crippen LogP contribution in [0.25, 0.3) is 0 Å². The molecule has 0 aromatic heterocycles. The number of hydrogen-bond acceptors (Lipinski definition) is 3. The Labute approximate surface area is 107 Å². The topological polar surface area (TPSA) is 35.5 Å². The van der Waals surface area contributed by atoms with Crippen molar-refractivity contribution in [2.45, 2.75) is 18.9 Å². The van der Waals surface area contributed by atoms with E-state index in [1.165, 1.54) is 12.8 Å². The van der Waals surface area contributed by atoms with Crippen LogP contribution in [0, 0.1) is 0 Å². The molecule has 1 aliphatic rings. The number of benzene rings is 1. The van der Waals surface area contributed by atoms with Crippen LogP contribution in [-0.2, 0) is 0 Å². The molecule has 17 heavy (non-hydrogen) atoms. The predicted molar refractivity (Wildman–Crippen MR) is 71.6 cm³/mol. The minimum absolute atomic E-state index is 0.343. The molecule has 1 saturated heterocycles. The Bertz CT molecular complexity index is 353. The second-order valence-electron chi connectivity index (χ2n) is 4.52. The molecule has 0 spiro atoms. The lowest BCUT2D eigenvalue weighted by Crippen LogP contribution is -2.34. The van der Waals surface area contributed by atoms with E-state index in [4.69, 9.17) is 11.6 Å². The zero-order chi connectivity index (χ0) is 12.1. The van der Waals surface area contributed by atoms with Crippen molar-refractivity contribution in [1.82, 2.24) is 4.90 Å². The van der Waals surface area contributed by atoms with Gasteiger partial charge in [-0.25, -0.2) is 0 Å². The van der Waals surface area contributed by atoms with Crippen LogP contribution in [0.3, 0.4) is 0 Å². The Balaban J connectivity index is 1.75. The molecule has 0 radical (unpaired) electrons. The second-order valence-corrected chi connectivity index (χ2v) is 4.93. The molecule has 4 heteroatoms. The third-order valence-electron chi connectivity index (χ3n) is 3.07. The van der Waals surface area contributed by atoms with E-state index in [1.54, 1.807) is 0 Å². The van der Waals surface area contributed by atoms with Crippen LogP contribution in [0.15, 0.2) is 24.3 Å². The highest BCUT2D eigenvalue weighted by molar-refractivity contribution is 6.33. The molecule has 0 amide bonds. The number of nitrogens with one attached hydrogen (secondary N) is 1. The summed E-state index contributed by atoms with van der Waals surface area (Å²) in [5.41, 5.74) is 0.884. The zero-order valence-corrected chi connectivity index (χ0v) is 10.7. The quantitative estimate of drug-likeness (QED) is 0.846. The minimum Gasteiger partial charge on any atom is -0.390 e. The summed E-state index contributed by atoms with van der Waals surface area (Å²) in [7, 11) is 0. The molecule has 94 valence electrons. The molecular weight excluding hydrogens is 236 g/mol. The average molecular weight is 255 g/mol. The third-order valence-corrected chi connectivity index (χ3v) is 3.40. The highest BCUT2D eigenvalue weighted by Crippen LogP contribution is 2.20. The fraction of sp³-hybridized carbons (Fsp3) is 0.538. The second kappa shape index (κ2) is 6.24. The number of halogens is 1. The van der Waals surface area contributed by atoms with E-state index in [9.17, 15) is 5.11 Å². The predicted octanol–water partition coefficient (Wildman–Crippen LogP) is 2.21. The van der Waals surface area contributed by atoms with Crippen LogP contribution < -0.4 is 5.32 Å². The summed E-state index contributed by atoms with van der Waals surface area (Å²) in [5.74, 6) is 0. The summed E-state index contributed by atoms with van der Waals surface area (Å²) in [4.78, 5) is 2.30. The first kappa shape index (κ1) is 12.7. The zero-order valence-electron chi connectivity index (χ0n) is 9.90. The van der Waals surface area contributed by atoms with Crippen molar-refractivity contribution in [3.05, 3.63) is 29.3 Å². The molecule has 3 nitrogen and oxygen atoms in total. The van der Waals surface area contributed by atoms with Gasteiger partial charge in [0, 0.05) is 13.1 Å². The number of aliphatic hydroxyl groups is 1. The first-order chi connectivity index (χ1) is 8.25. The van der Waals surface area contributed by atoms with Crippen LogP contribution in [0.5, 0.6) is 0 Å². The maximum absolute atomic E-state index is 9.91. The number of aliphatic hydroxyl groups excluding tert-OH is 1. The van der Waals surface area contributed by atoms with Crippen molar-refractivity contribution < 1.29 is 5.11 Å². The van der Waals surface area contributed by atoms with Gasteiger partial charge in [0.2, 0.25) is 0 Å². The van der Waals surface area contributed by atoms with Gasteiger partial charge in [-0.2, -0.15) is 0 Å². The summed E-state index contributed by atoms with van der Waals surface area (Å²) < 4.78 is 0. The molecule has 2 rings (SSSR count). The first-order valence-electron chi connectivity index (χ1n) is 6.14. The molecular formula is C13H19ClN2O. The largest absolute Gasteiger partial charge is 0.390 e. The summed E-state index contributed by atoms with van der Waals surface area (Å²) in [6.07, 6.45) is 2.17. The molecule has 1 heterocycles. The fourth-order valence-corrected chi connectivity index (χ4v) is 2.36. The van der Waals surface area contributed by atoms with Gasteiger partial charge in [0.05, 0.1) is 16.8 Å². The Morgan fingerprint density at radius 3 is 2.71 bits per heavy atom. The van der Waals surface area contributed by atoms with Crippen molar-refractivity contribution in [3.8, 4) is 0 Å². The van der Waals surface area contributed by atoms with E-state index >= 15 is 0 Å². The maximum atomic E-state index is 9.91. The van der Waals surface area contributed by atoms with Gasteiger partial charge < -0.3 is 15.3 Å². The monoisotopic (exact) mass is 254 g/mol. The Kier molecular flexibility index (Phi) is 4.66. The molecule has 1 fully saturated rings. The van der Waals surface area contributed by atoms with E-state index in [-0.39, 0.29) is 6.10 Å². The normalized spacial score (nSPS) is 18.2. The van der Waals surface area contributed by atoms with Crippen LogP contribution in [-0.4, -0.2) is 42.3 Å². The van der Waals surface area contributed by atoms with Gasteiger partial charge in [0.25, 0.3) is 0 Å². The molecule has 1 aromatic carbocycles. The molecule has 1 atom stereocenters. The lowest BCUT2D eigenvalue weighted by Gasteiger charge is -2.20. The molecule has 0 bridgehead atoms. The van der Waals surface area contributed by atoms with Gasteiger partial charge in [-0.1, -0.05) is 23.7 Å². The maximum Gasteiger partial charge on any atom is 0.0839 e. The van der Waals surface area contributed by atoms with Crippen LogP contribution in [0.1, 0.15) is 12.8 Å². The Hall–Kier alpha value is -0.770. The van der Waals surface area contributed by atoms with E-state index in [2.05, 4.69) is 10.2 Å². The fourth-order valence-electron chi connectivity index (χ4n) is 2.16. The van der Waals surface area contributed by atoms with E-state index < -0.39 is 0 Å². The van der Waals surface area contributed by atoms with Gasteiger partial charge in [-0.15, -0.1) is 0 Å². The van der Waals surface area contributed by atoms with Gasteiger partial charge >= 0.3 is 0 Å². The first-order valence-corrected chi connectivity index (χ1v) is 6.52. The Morgan fingerprint density at radius 1 is 1.29 bits per heavy atom. The number of anilines is 1. The molecule has 1 aliphatic heterocycles. The number of likely N-dealkylation sites (tertiary alicyclic amines) is 1. The summed E-state index contributed by atoms with van der Waals surface area (Å²) in [6.45, 7) is 3.52. The lowest BCUT2D eigenvalue weighted by atomic mass is 10.3. The smallest absolute Gasteiger partial charge is 0.0839 e. The van der Waals surface area contributed by atoms with Crippen LogP contribution in [0.4, 0.5) is 5.69 Å².